The SMILES string of the molecule is CN(Cc1cn(Cc2ccccc2)nn1)C1CCCc2cccnc21. The number of pyridine rings is 1. The van der Waals surface area contributed by atoms with Gasteiger partial charge in [-0.2, -0.15) is 0 Å². The number of aromatic nitrogens is 4. The first-order valence-corrected chi connectivity index (χ1v) is 8.86. The van der Waals surface area contributed by atoms with Gasteiger partial charge >= 0.3 is 0 Å². The predicted octanol–water partition coefficient (Wildman–Crippen LogP) is 3.23. The van der Waals surface area contributed by atoms with Crippen LogP contribution in [0.5, 0.6) is 0 Å². The third kappa shape index (κ3) is 3.61. The van der Waals surface area contributed by atoms with Gasteiger partial charge in [0.1, 0.15) is 0 Å². The summed E-state index contributed by atoms with van der Waals surface area (Å²) in [5, 5.41) is 8.63. The van der Waals surface area contributed by atoms with Crippen molar-refractivity contribution in [2.75, 3.05) is 7.05 Å². The summed E-state index contributed by atoms with van der Waals surface area (Å²) < 4.78 is 1.91. The van der Waals surface area contributed by atoms with Gasteiger partial charge in [0.25, 0.3) is 0 Å². The Morgan fingerprint density at radius 2 is 2.04 bits per heavy atom. The molecule has 2 aromatic heterocycles. The van der Waals surface area contributed by atoms with E-state index in [1.54, 1.807) is 0 Å². The highest BCUT2D eigenvalue weighted by Gasteiger charge is 2.25. The standard InChI is InChI=1S/C20H23N5/c1-24(19-11-5-9-17-10-6-12-21-20(17)19)14-18-15-25(23-22-18)13-16-7-3-2-4-8-16/h2-4,6-8,10,12,15,19H,5,9,11,13-14H2,1H3. The van der Waals surface area contributed by atoms with Gasteiger partial charge in [-0.1, -0.05) is 41.6 Å². The maximum Gasteiger partial charge on any atom is 0.0967 e. The number of nitrogens with zero attached hydrogens (tertiary/aromatic N) is 5. The van der Waals surface area contributed by atoms with Gasteiger partial charge in [-0.15, -0.1) is 5.10 Å². The van der Waals surface area contributed by atoms with Crippen molar-refractivity contribution in [1.29, 1.82) is 0 Å². The molecule has 0 N–H and O–H groups in total. The van der Waals surface area contributed by atoms with Crippen molar-refractivity contribution in [3.8, 4) is 0 Å². The van der Waals surface area contributed by atoms with Crippen LogP contribution in [0.2, 0.25) is 0 Å². The van der Waals surface area contributed by atoms with Crippen LogP contribution in [0.15, 0.2) is 54.9 Å². The Kier molecular flexibility index (Phi) is 4.57. The van der Waals surface area contributed by atoms with Crippen molar-refractivity contribution in [2.45, 2.75) is 38.4 Å². The average molecular weight is 333 g/mol. The van der Waals surface area contributed by atoms with Crippen LogP contribution >= 0.6 is 0 Å². The molecular weight excluding hydrogens is 310 g/mol. The average Bonchev–Trinajstić information content (AvgIpc) is 3.09. The predicted molar refractivity (Wildman–Crippen MR) is 96.9 cm³/mol. The molecule has 1 aliphatic rings. The summed E-state index contributed by atoms with van der Waals surface area (Å²) in [6.45, 7) is 1.54. The van der Waals surface area contributed by atoms with Gasteiger partial charge in [0.2, 0.25) is 0 Å². The van der Waals surface area contributed by atoms with Crippen molar-refractivity contribution in [3.63, 3.8) is 0 Å². The molecule has 0 bridgehead atoms. The van der Waals surface area contributed by atoms with Crippen molar-refractivity contribution in [2.24, 2.45) is 0 Å². The molecule has 1 unspecified atom stereocenters. The minimum Gasteiger partial charge on any atom is -0.292 e. The highest BCUT2D eigenvalue weighted by atomic mass is 15.4. The molecule has 0 amide bonds. The molecule has 128 valence electrons. The lowest BCUT2D eigenvalue weighted by Crippen LogP contribution is -2.28. The van der Waals surface area contributed by atoms with E-state index in [9.17, 15) is 0 Å². The lowest BCUT2D eigenvalue weighted by atomic mass is 9.91. The molecule has 25 heavy (non-hydrogen) atoms. The fraction of sp³-hybridized carbons (Fsp3) is 0.350. The fourth-order valence-electron chi connectivity index (χ4n) is 3.64. The summed E-state index contributed by atoms with van der Waals surface area (Å²) in [4.78, 5) is 6.99. The first kappa shape index (κ1) is 16.0. The Morgan fingerprint density at radius 1 is 1.16 bits per heavy atom. The summed E-state index contributed by atoms with van der Waals surface area (Å²) >= 11 is 0. The van der Waals surface area contributed by atoms with Gasteiger partial charge in [0.15, 0.2) is 0 Å². The second-order valence-corrected chi connectivity index (χ2v) is 6.76. The Hall–Kier alpha value is -2.53. The number of fused-ring (bicyclic) bond motifs is 1. The Bertz CT molecular complexity index is 827. The molecule has 2 heterocycles. The van der Waals surface area contributed by atoms with Crippen molar-refractivity contribution in [1.82, 2.24) is 24.9 Å². The summed E-state index contributed by atoms with van der Waals surface area (Å²) in [5.74, 6) is 0. The minimum absolute atomic E-state index is 0.365. The highest BCUT2D eigenvalue weighted by Crippen LogP contribution is 2.32. The first-order valence-electron chi connectivity index (χ1n) is 8.86. The zero-order chi connectivity index (χ0) is 17.1. The fourth-order valence-corrected chi connectivity index (χ4v) is 3.64. The third-order valence-electron chi connectivity index (χ3n) is 4.88. The van der Waals surface area contributed by atoms with Crippen molar-refractivity contribution >= 4 is 0 Å². The van der Waals surface area contributed by atoms with Crippen molar-refractivity contribution in [3.05, 3.63) is 77.4 Å². The van der Waals surface area contributed by atoms with Gasteiger partial charge in [-0.25, -0.2) is 4.68 Å². The highest BCUT2D eigenvalue weighted by molar-refractivity contribution is 5.25. The molecule has 4 rings (SSSR count). The van der Waals surface area contributed by atoms with Crippen LogP contribution in [0.3, 0.4) is 0 Å². The summed E-state index contributed by atoms with van der Waals surface area (Å²) in [6, 6.07) is 15.0. The molecule has 0 aliphatic heterocycles. The van der Waals surface area contributed by atoms with E-state index in [1.807, 2.05) is 29.2 Å². The summed E-state index contributed by atoms with van der Waals surface area (Å²) in [6.07, 6.45) is 7.46. The second kappa shape index (κ2) is 7.15. The molecule has 0 fully saturated rings. The number of benzene rings is 1. The van der Waals surface area contributed by atoms with E-state index in [0.29, 0.717) is 6.04 Å². The zero-order valence-corrected chi connectivity index (χ0v) is 14.5. The quantitative estimate of drug-likeness (QED) is 0.719. The van der Waals surface area contributed by atoms with Crippen LogP contribution in [0.4, 0.5) is 0 Å². The molecule has 0 radical (unpaired) electrons. The van der Waals surface area contributed by atoms with Crippen molar-refractivity contribution < 1.29 is 0 Å². The molecule has 0 spiro atoms. The first-order chi connectivity index (χ1) is 12.3. The monoisotopic (exact) mass is 333 g/mol. The number of rotatable bonds is 5. The lowest BCUT2D eigenvalue weighted by molar-refractivity contribution is 0.206. The molecule has 3 aromatic rings. The Labute approximate surface area is 148 Å². The van der Waals surface area contributed by atoms with Crippen LogP contribution < -0.4 is 0 Å². The molecule has 0 saturated heterocycles. The maximum absolute atomic E-state index is 4.64. The van der Waals surface area contributed by atoms with Crippen LogP contribution in [0.25, 0.3) is 0 Å². The largest absolute Gasteiger partial charge is 0.292 e. The van der Waals surface area contributed by atoms with E-state index in [2.05, 4.69) is 57.6 Å². The van der Waals surface area contributed by atoms with Crippen LogP contribution in [0.1, 0.15) is 41.4 Å². The van der Waals surface area contributed by atoms with E-state index in [0.717, 1.165) is 31.6 Å². The molecule has 1 atom stereocenters. The molecular formula is C20H23N5. The number of hydrogen-bond acceptors (Lipinski definition) is 4. The smallest absolute Gasteiger partial charge is 0.0967 e. The minimum atomic E-state index is 0.365. The molecule has 5 nitrogen and oxygen atoms in total. The topological polar surface area (TPSA) is 46.8 Å². The van der Waals surface area contributed by atoms with E-state index < -0.39 is 0 Å². The van der Waals surface area contributed by atoms with E-state index in [1.165, 1.54) is 23.2 Å². The van der Waals surface area contributed by atoms with Crippen LogP contribution in [-0.2, 0) is 19.5 Å². The summed E-state index contributed by atoms with van der Waals surface area (Å²) in [5.41, 5.74) is 4.85. The zero-order valence-electron chi connectivity index (χ0n) is 14.5. The lowest BCUT2D eigenvalue weighted by Gasteiger charge is -2.31. The second-order valence-electron chi connectivity index (χ2n) is 6.76. The molecule has 5 heteroatoms. The van der Waals surface area contributed by atoms with Crippen LogP contribution in [-0.4, -0.2) is 31.9 Å². The summed E-state index contributed by atoms with van der Waals surface area (Å²) in [7, 11) is 2.16. The van der Waals surface area contributed by atoms with Gasteiger partial charge in [-0.3, -0.25) is 9.88 Å². The third-order valence-corrected chi connectivity index (χ3v) is 4.88. The van der Waals surface area contributed by atoms with Crippen LogP contribution in [0, 0.1) is 0 Å². The molecule has 0 saturated carbocycles. The number of hydrogen-bond donors (Lipinski definition) is 0. The van der Waals surface area contributed by atoms with Gasteiger partial charge < -0.3 is 0 Å². The molecule has 1 aromatic carbocycles. The maximum atomic E-state index is 4.64. The van der Waals surface area contributed by atoms with E-state index in [-0.39, 0.29) is 0 Å². The van der Waals surface area contributed by atoms with E-state index >= 15 is 0 Å². The van der Waals surface area contributed by atoms with Gasteiger partial charge in [-0.05, 0) is 43.5 Å². The normalized spacial score (nSPS) is 16.8. The Balaban J connectivity index is 1.44. The number of aryl methyl sites for hydroxylation is 1. The van der Waals surface area contributed by atoms with E-state index in [4.69, 9.17) is 0 Å². The van der Waals surface area contributed by atoms with Gasteiger partial charge in [0, 0.05) is 12.7 Å². The van der Waals surface area contributed by atoms with Gasteiger partial charge in [0.05, 0.1) is 30.2 Å². The Morgan fingerprint density at radius 3 is 2.92 bits per heavy atom. The molecule has 1 aliphatic carbocycles.